The smallest absolute Gasteiger partial charge is 0.0337 e. The fourth-order valence-electron chi connectivity index (χ4n) is 4.36. The molecule has 1 unspecified atom stereocenters. The lowest BCUT2D eigenvalue weighted by Gasteiger charge is -2.54. The van der Waals surface area contributed by atoms with E-state index >= 15 is 0 Å². The number of likely N-dealkylation sites (tertiary alicyclic amines) is 1. The van der Waals surface area contributed by atoms with E-state index in [1.165, 1.54) is 51.6 Å². The molecule has 2 aliphatic rings. The molecular formula is C16H32N2. The molecule has 18 heavy (non-hydrogen) atoms. The molecule has 1 saturated carbocycles. The Balaban J connectivity index is 2.16. The van der Waals surface area contributed by atoms with E-state index in [2.05, 4.69) is 32.6 Å². The number of nitrogens with two attached hydrogens (primary N) is 1. The van der Waals surface area contributed by atoms with Gasteiger partial charge in [-0.3, -0.25) is 4.90 Å². The predicted octanol–water partition coefficient (Wildman–Crippen LogP) is 3.41. The summed E-state index contributed by atoms with van der Waals surface area (Å²) in [5.74, 6) is 0. The average Bonchev–Trinajstić information content (AvgIpc) is 2.26. The quantitative estimate of drug-likeness (QED) is 0.816. The van der Waals surface area contributed by atoms with E-state index in [-0.39, 0.29) is 0 Å². The van der Waals surface area contributed by atoms with Crippen molar-refractivity contribution in [1.29, 1.82) is 0 Å². The van der Waals surface area contributed by atoms with Crippen molar-refractivity contribution in [2.75, 3.05) is 19.6 Å². The maximum absolute atomic E-state index is 6.24. The first kappa shape index (κ1) is 14.3. The van der Waals surface area contributed by atoms with Crippen molar-refractivity contribution in [1.82, 2.24) is 4.90 Å². The summed E-state index contributed by atoms with van der Waals surface area (Å²) in [4.78, 5) is 2.75. The van der Waals surface area contributed by atoms with Crippen LogP contribution in [-0.2, 0) is 0 Å². The Morgan fingerprint density at radius 2 is 1.61 bits per heavy atom. The van der Waals surface area contributed by atoms with E-state index in [9.17, 15) is 0 Å². The maximum Gasteiger partial charge on any atom is 0.0337 e. The van der Waals surface area contributed by atoms with Gasteiger partial charge in [0.25, 0.3) is 0 Å². The summed E-state index contributed by atoms with van der Waals surface area (Å²) in [5.41, 5.74) is 7.47. The molecule has 2 heteroatoms. The van der Waals surface area contributed by atoms with Crippen LogP contribution < -0.4 is 5.73 Å². The van der Waals surface area contributed by atoms with Gasteiger partial charge in [-0.2, -0.15) is 0 Å². The van der Waals surface area contributed by atoms with E-state index in [0.717, 1.165) is 6.54 Å². The molecule has 0 bridgehead atoms. The van der Waals surface area contributed by atoms with Gasteiger partial charge in [0.15, 0.2) is 0 Å². The van der Waals surface area contributed by atoms with Crippen molar-refractivity contribution in [2.24, 2.45) is 16.6 Å². The summed E-state index contributed by atoms with van der Waals surface area (Å²) in [5, 5.41) is 0. The first-order valence-corrected chi connectivity index (χ1v) is 7.74. The number of rotatable bonds is 2. The lowest BCUT2D eigenvalue weighted by atomic mass is 9.66. The summed E-state index contributed by atoms with van der Waals surface area (Å²) in [6.07, 6.45) is 8.02. The predicted molar refractivity (Wildman–Crippen MR) is 78.6 cm³/mol. The molecule has 0 spiro atoms. The molecule has 106 valence electrons. The third-order valence-electron chi connectivity index (χ3n) is 5.25. The minimum atomic E-state index is 0.291. The molecular weight excluding hydrogens is 220 g/mol. The van der Waals surface area contributed by atoms with Gasteiger partial charge < -0.3 is 5.73 Å². The molecule has 0 amide bonds. The van der Waals surface area contributed by atoms with Crippen LogP contribution in [0.15, 0.2) is 0 Å². The van der Waals surface area contributed by atoms with E-state index in [1.54, 1.807) is 0 Å². The highest BCUT2D eigenvalue weighted by Crippen LogP contribution is 2.45. The minimum absolute atomic E-state index is 0.291. The summed E-state index contributed by atoms with van der Waals surface area (Å²) in [6, 6.07) is 0. The molecule has 1 atom stereocenters. The molecule has 0 radical (unpaired) electrons. The highest BCUT2D eigenvalue weighted by Gasteiger charge is 2.45. The van der Waals surface area contributed by atoms with Crippen molar-refractivity contribution >= 4 is 0 Å². The van der Waals surface area contributed by atoms with E-state index in [0.29, 0.717) is 16.4 Å². The van der Waals surface area contributed by atoms with E-state index < -0.39 is 0 Å². The lowest BCUT2D eigenvalue weighted by molar-refractivity contribution is -0.0323. The summed E-state index contributed by atoms with van der Waals surface area (Å²) in [6.45, 7) is 13.0. The maximum atomic E-state index is 6.24. The number of nitrogens with zero attached hydrogens (tertiary/aromatic N) is 1. The van der Waals surface area contributed by atoms with Gasteiger partial charge in [-0.1, -0.05) is 34.1 Å². The summed E-state index contributed by atoms with van der Waals surface area (Å²) < 4.78 is 0. The second kappa shape index (κ2) is 4.79. The lowest BCUT2D eigenvalue weighted by Crippen LogP contribution is -2.61. The molecule has 0 aromatic carbocycles. The van der Waals surface area contributed by atoms with Crippen LogP contribution in [0.2, 0.25) is 0 Å². The zero-order chi connectivity index (χ0) is 13.4. The van der Waals surface area contributed by atoms with Gasteiger partial charge in [0, 0.05) is 18.6 Å². The molecule has 0 aromatic rings. The monoisotopic (exact) mass is 252 g/mol. The third-order valence-corrected chi connectivity index (χ3v) is 5.25. The second-order valence-corrected chi connectivity index (χ2v) is 8.31. The minimum Gasteiger partial charge on any atom is -0.329 e. The Kier molecular flexibility index (Phi) is 3.81. The molecule has 2 nitrogen and oxygen atoms in total. The fourth-order valence-corrected chi connectivity index (χ4v) is 4.36. The van der Waals surface area contributed by atoms with Crippen LogP contribution in [0.4, 0.5) is 0 Å². The molecule has 2 N–H and O–H groups in total. The fraction of sp³-hybridized carbons (Fsp3) is 1.00. The second-order valence-electron chi connectivity index (χ2n) is 8.31. The van der Waals surface area contributed by atoms with Crippen molar-refractivity contribution in [3.05, 3.63) is 0 Å². The Labute approximate surface area is 113 Å². The van der Waals surface area contributed by atoms with Crippen molar-refractivity contribution in [2.45, 2.75) is 71.8 Å². The van der Waals surface area contributed by atoms with Crippen LogP contribution >= 0.6 is 0 Å². The topological polar surface area (TPSA) is 29.3 Å². The van der Waals surface area contributed by atoms with E-state index in [1.807, 2.05) is 0 Å². The molecule has 2 fully saturated rings. The molecule has 0 aromatic heterocycles. The highest BCUT2D eigenvalue weighted by molar-refractivity contribution is 5.01. The molecule has 1 aliphatic carbocycles. The number of hydrogen-bond acceptors (Lipinski definition) is 2. The zero-order valence-corrected chi connectivity index (χ0v) is 12.9. The molecule has 1 heterocycles. The van der Waals surface area contributed by atoms with Crippen LogP contribution in [-0.4, -0.2) is 30.1 Å². The van der Waals surface area contributed by atoms with Gasteiger partial charge in [0.05, 0.1) is 0 Å². The third kappa shape index (κ3) is 2.91. The van der Waals surface area contributed by atoms with Gasteiger partial charge in [-0.15, -0.1) is 0 Å². The summed E-state index contributed by atoms with van der Waals surface area (Å²) >= 11 is 0. The van der Waals surface area contributed by atoms with Gasteiger partial charge in [0.1, 0.15) is 0 Å². The van der Waals surface area contributed by atoms with E-state index in [4.69, 9.17) is 5.73 Å². The van der Waals surface area contributed by atoms with Crippen molar-refractivity contribution in [3.63, 3.8) is 0 Å². The normalized spacial score (nSPS) is 36.5. The standard InChI is InChI=1S/C16H32N2/c1-14(2)7-5-9-16(11-14,12-17)18-10-6-8-15(3,4)13-18/h5-13,17H2,1-4H3. The molecule has 2 rings (SSSR count). The van der Waals surface area contributed by atoms with Crippen LogP contribution in [0, 0.1) is 10.8 Å². The van der Waals surface area contributed by atoms with Crippen LogP contribution in [0.3, 0.4) is 0 Å². The molecule has 1 saturated heterocycles. The molecule has 1 aliphatic heterocycles. The first-order valence-electron chi connectivity index (χ1n) is 7.74. The Morgan fingerprint density at radius 3 is 2.17 bits per heavy atom. The van der Waals surface area contributed by atoms with Crippen LogP contribution in [0.25, 0.3) is 0 Å². The van der Waals surface area contributed by atoms with Gasteiger partial charge in [-0.25, -0.2) is 0 Å². The van der Waals surface area contributed by atoms with Crippen molar-refractivity contribution < 1.29 is 0 Å². The van der Waals surface area contributed by atoms with Gasteiger partial charge in [0.2, 0.25) is 0 Å². The van der Waals surface area contributed by atoms with Gasteiger partial charge in [-0.05, 0) is 49.5 Å². The van der Waals surface area contributed by atoms with Crippen LogP contribution in [0.1, 0.15) is 66.2 Å². The largest absolute Gasteiger partial charge is 0.329 e. The zero-order valence-electron chi connectivity index (χ0n) is 12.9. The van der Waals surface area contributed by atoms with Gasteiger partial charge >= 0.3 is 0 Å². The van der Waals surface area contributed by atoms with Crippen LogP contribution in [0.5, 0.6) is 0 Å². The Hall–Kier alpha value is -0.0800. The number of piperidine rings is 1. The first-order chi connectivity index (χ1) is 8.29. The van der Waals surface area contributed by atoms with Crippen molar-refractivity contribution in [3.8, 4) is 0 Å². The SMILES string of the molecule is CC1(C)CCCN(C2(CN)CCCC(C)(C)C2)C1. The number of hydrogen-bond donors (Lipinski definition) is 1. The highest BCUT2D eigenvalue weighted by atomic mass is 15.2. The Bertz CT molecular complexity index is 295. The Morgan fingerprint density at radius 1 is 0.944 bits per heavy atom. The summed E-state index contributed by atoms with van der Waals surface area (Å²) in [7, 11) is 0. The average molecular weight is 252 g/mol.